The number of anilines is 1. The highest BCUT2D eigenvalue weighted by Crippen LogP contribution is 2.55. The largest absolute Gasteiger partial charge is 0.359 e. The van der Waals surface area contributed by atoms with E-state index in [1.165, 1.54) is 6.42 Å². The molecule has 38 heavy (non-hydrogen) atoms. The standard InChI is InChI=1S/C29H39BrN4O4/c1-3-4-16-33(2)17-18-34-25(27(36)32-20-8-6-5-7-9-20)29-15-14-22(38-29)23(24(29)28(34)37)26(35)31-21-12-10-19(30)11-13-21/h10-15,20,22-25H,3-9,16-18H2,1-2H3,(H,31,35)(H,32,36)/t22-,23+,24-,25+,29-/m0/s1. The van der Waals surface area contributed by atoms with Crippen LogP contribution in [0.2, 0.25) is 0 Å². The van der Waals surface area contributed by atoms with E-state index >= 15 is 0 Å². The average molecular weight is 588 g/mol. The monoisotopic (exact) mass is 586 g/mol. The fourth-order valence-electron chi connectivity index (χ4n) is 6.61. The third kappa shape index (κ3) is 5.17. The molecule has 1 aliphatic carbocycles. The molecule has 9 heteroatoms. The highest BCUT2D eigenvalue weighted by Gasteiger charge is 2.72. The second kappa shape index (κ2) is 11.5. The fraction of sp³-hybridized carbons (Fsp3) is 0.621. The predicted molar refractivity (Wildman–Crippen MR) is 149 cm³/mol. The number of benzene rings is 1. The third-order valence-electron chi connectivity index (χ3n) is 8.60. The zero-order valence-electron chi connectivity index (χ0n) is 22.3. The van der Waals surface area contributed by atoms with Crippen molar-refractivity contribution < 1.29 is 19.1 Å². The molecule has 8 nitrogen and oxygen atoms in total. The summed E-state index contributed by atoms with van der Waals surface area (Å²) in [6.07, 6.45) is 10.7. The summed E-state index contributed by atoms with van der Waals surface area (Å²) in [4.78, 5) is 45.4. The van der Waals surface area contributed by atoms with Gasteiger partial charge in [-0.1, -0.05) is 60.7 Å². The zero-order chi connectivity index (χ0) is 26.9. The van der Waals surface area contributed by atoms with Crippen LogP contribution in [0.5, 0.6) is 0 Å². The van der Waals surface area contributed by atoms with E-state index in [1.807, 2.05) is 43.5 Å². The van der Waals surface area contributed by atoms with Crippen molar-refractivity contribution in [3.63, 3.8) is 0 Å². The molecule has 1 aromatic carbocycles. The van der Waals surface area contributed by atoms with Gasteiger partial charge in [-0.05, 0) is 57.1 Å². The Morgan fingerprint density at radius 3 is 2.58 bits per heavy atom. The average Bonchev–Trinajstić information content (AvgIpc) is 3.55. The molecule has 0 radical (unpaired) electrons. The quantitative estimate of drug-likeness (QED) is 0.408. The first-order chi connectivity index (χ1) is 18.3. The SMILES string of the molecule is CCCCN(C)CCN1C(=O)[C@@H]2[C@H](C(=O)Nc3ccc(Br)cc3)[C@@H]3C=C[C@@]2(O3)[C@H]1C(=O)NC1CCCCC1. The first-order valence-electron chi connectivity index (χ1n) is 14.1. The molecular formula is C29H39BrN4O4. The van der Waals surface area contributed by atoms with Gasteiger partial charge in [-0.15, -0.1) is 0 Å². The summed E-state index contributed by atoms with van der Waals surface area (Å²) in [5.74, 6) is -2.00. The van der Waals surface area contributed by atoms with Crippen molar-refractivity contribution in [1.29, 1.82) is 0 Å². The van der Waals surface area contributed by atoms with Crippen molar-refractivity contribution in [2.75, 3.05) is 32.0 Å². The zero-order valence-corrected chi connectivity index (χ0v) is 23.9. The highest BCUT2D eigenvalue weighted by molar-refractivity contribution is 9.10. The van der Waals surface area contributed by atoms with Crippen LogP contribution in [0.25, 0.3) is 0 Å². The number of ether oxygens (including phenoxy) is 1. The van der Waals surface area contributed by atoms with Gasteiger partial charge in [0.25, 0.3) is 0 Å². The van der Waals surface area contributed by atoms with Crippen molar-refractivity contribution in [1.82, 2.24) is 15.1 Å². The minimum atomic E-state index is -1.12. The van der Waals surface area contributed by atoms with Gasteiger partial charge in [0.15, 0.2) is 0 Å². The second-order valence-electron chi connectivity index (χ2n) is 11.2. The van der Waals surface area contributed by atoms with E-state index in [0.717, 1.165) is 49.5 Å². The van der Waals surface area contributed by atoms with Crippen LogP contribution in [0.4, 0.5) is 5.69 Å². The second-order valence-corrected chi connectivity index (χ2v) is 12.1. The molecule has 5 rings (SSSR count). The number of hydrogen-bond donors (Lipinski definition) is 2. The number of carbonyl (C=O) groups excluding carboxylic acids is 3. The van der Waals surface area contributed by atoms with Gasteiger partial charge < -0.3 is 25.2 Å². The van der Waals surface area contributed by atoms with Crippen LogP contribution in [0.1, 0.15) is 51.9 Å². The van der Waals surface area contributed by atoms with Gasteiger partial charge in [-0.2, -0.15) is 0 Å². The number of carbonyl (C=O) groups is 3. The van der Waals surface area contributed by atoms with Crippen molar-refractivity contribution >= 4 is 39.3 Å². The maximum atomic E-state index is 14.0. The van der Waals surface area contributed by atoms with E-state index in [2.05, 4.69) is 38.4 Å². The molecule has 1 aromatic rings. The Morgan fingerprint density at radius 2 is 1.87 bits per heavy atom. The summed E-state index contributed by atoms with van der Waals surface area (Å²) in [6.45, 7) is 4.17. The van der Waals surface area contributed by atoms with Crippen LogP contribution in [-0.2, 0) is 19.1 Å². The number of halogens is 1. The molecule has 4 aliphatic rings. The van der Waals surface area contributed by atoms with Crippen molar-refractivity contribution in [2.45, 2.75) is 75.7 Å². The van der Waals surface area contributed by atoms with Crippen LogP contribution < -0.4 is 10.6 Å². The Morgan fingerprint density at radius 1 is 1.13 bits per heavy atom. The first-order valence-corrected chi connectivity index (χ1v) is 14.9. The summed E-state index contributed by atoms with van der Waals surface area (Å²) in [5.41, 5.74) is -0.463. The van der Waals surface area contributed by atoms with Crippen LogP contribution in [0.3, 0.4) is 0 Å². The normalized spacial score (nSPS) is 30.2. The van der Waals surface area contributed by atoms with E-state index in [9.17, 15) is 14.4 Å². The molecule has 3 aliphatic heterocycles. The molecule has 206 valence electrons. The lowest BCUT2D eigenvalue weighted by molar-refractivity contribution is -0.141. The molecule has 0 unspecified atom stereocenters. The summed E-state index contributed by atoms with van der Waals surface area (Å²) in [5, 5.41) is 6.22. The summed E-state index contributed by atoms with van der Waals surface area (Å²) in [6, 6.07) is 6.69. The summed E-state index contributed by atoms with van der Waals surface area (Å²) >= 11 is 3.42. The maximum Gasteiger partial charge on any atom is 0.246 e. The van der Waals surface area contributed by atoms with Crippen molar-refractivity contribution in [2.24, 2.45) is 11.8 Å². The van der Waals surface area contributed by atoms with Gasteiger partial charge in [0, 0.05) is 29.3 Å². The summed E-state index contributed by atoms with van der Waals surface area (Å²) in [7, 11) is 2.04. The van der Waals surface area contributed by atoms with E-state index < -0.39 is 29.6 Å². The van der Waals surface area contributed by atoms with Gasteiger partial charge in [0.05, 0.1) is 17.9 Å². The third-order valence-corrected chi connectivity index (χ3v) is 9.13. The molecule has 2 saturated heterocycles. The minimum absolute atomic E-state index is 0.120. The molecule has 2 N–H and O–H groups in total. The lowest BCUT2D eigenvalue weighted by Gasteiger charge is -2.34. The maximum absolute atomic E-state index is 14.0. The Bertz CT molecular complexity index is 1070. The number of unbranched alkanes of at least 4 members (excludes halogenated alkanes) is 1. The number of amides is 3. The summed E-state index contributed by atoms with van der Waals surface area (Å²) < 4.78 is 7.37. The fourth-order valence-corrected chi connectivity index (χ4v) is 6.88. The smallest absolute Gasteiger partial charge is 0.246 e. The molecule has 1 spiro atoms. The topological polar surface area (TPSA) is 91.0 Å². The van der Waals surface area contributed by atoms with Crippen LogP contribution in [0.15, 0.2) is 40.9 Å². The highest BCUT2D eigenvalue weighted by atomic mass is 79.9. The molecule has 5 atom stereocenters. The van der Waals surface area contributed by atoms with Crippen molar-refractivity contribution in [3.8, 4) is 0 Å². The van der Waals surface area contributed by atoms with Gasteiger partial charge in [0.1, 0.15) is 11.6 Å². The Kier molecular flexibility index (Phi) is 8.26. The molecule has 1 saturated carbocycles. The molecule has 0 aromatic heterocycles. The Labute approximate surface area is 233 Å². The number of likely N-dealkylation sites (tertiary alicyclic amines) is 1. The predicted octanol–water partition coefficient (Wildman–Crippen LogP) is 3.72. The van der Waals surface area contributed by atoms with Gasteiger partial charge in [0.2, 0.25) is 17.7 Å². The van der Waals surface area contributed by atoms with Gasteiger partial charge in [-0.25, -0.2) is 0 Å². The van der Waals surface area contributed by atoms with Crippen LogP contribution in [0, 0.1) is 11.8 Å². The minimum Gasteiger partial charge on any atom is -0.359 e. The van der Waals surface area contributed by atoms with Crippen LogP contribution >= 0.6 is 15.9 Å². The molecule has 3 heterocycles. The number of fused-ring (bicyclic) bond motifs is 1. The van der Waals surface area contributed by atoms with Crippen LogP contribution in [-0.4, -0.2) is 78.0 Å². The number of nitrogens with zero attached hydrogens (tertiary/aromatic N) is 2. The van der Waals surface area contributed by atoms with E-state index in [0.29, 0.717) is 18.8 Å². The van der Waals surface area contributed by atoms with E-state index in [1.54, 1.807) is 4.90 Å². The lowest BCUT2D eigenvalue weighted by Crippen LogP contribution is -2.57. The molecule has 3 amide bonds. The number of nitrogens with one attached hydrogen (secondary N) is 2. The van der Waals surface area contributed by atoms with Gasteiger partial charge in [-0.3, -0.25) is 14.4 Å². The first kappa shape index (κ1) is 27.3. The number of likely N-dealkylation sites (N-methyl/N-ethyl adjacent to an activating group) is 1. The molecule has 2 bridgehead atoms. The molecular weight excluding hydrogens is 548 g/mol. The van der Waals surface area contributed by atoms with E-state index in [-0.39, 0.29) is 23.8 Å². The number of rotatable bonds is 10. The Balaban J connectivity index is 1.39. The Hall–Kier alpha value is -2.23. The van der Waals surface area contributed by atoms with Gasteiger partial charge >= 0.3 is 0 Å². The van der Waals surface area contributed by atoms with E-state index in [4.69, 9.17) is 4.74 Å². The lowest BCUT2D eigenvalue weighted by atomic mass is 9.74. The van der Waals surface area contributed by atoms with Crippen molar-refractivity contribution in [3.05, 3.63) is 40.9 Å². The molecule has 3 fully saturated rings. The number of hydrogen-bond acceptors (Lipinski definition) is 5.